The predicted molar refractivity (Wildman–Crippen MR) is 91.0 cm³/mol. The number of halogens is 1. The molecule has 1 saturated carbocycles. The van der Waals surface area contributed by atoms with E-state index < -0.39 is 0 Å². The zero-order valence-electron chi connectivity index (χ0n) is 14.2. The van der Waals surface area contributed by atoms with Crippen molar-refractivity contribution in [3.8, 4) is 5.75 Å². The van der Waals surface area contributed by atoms with Crippen LogP contribution in [0.4, 0.5) is 4.39 Å². The number of hydrogen-bond acceptors (Lipinski definition) is 1. The van der Waals surface area contributed by atoms with Crippen molar-refractivity contribution in [2.24, 2.45) is 5.92 Å². The molecule has 2 rings (SSSR count). The van der Waals surface area contributed by atoms with Gasteiger partial charge in [0, 0.05) is 0 Å². The monoisotopic (exact) mass is 306 g/mol. The highest BCUT2D eigenvalue weighted by Gasteiger charge is 2.22. The number of unbranched alkanes of at least 4 members (excludes halogenated alkanes) is 4. The first kappa shape index (κ1) is 17.3. The van der Waals surface area contributed by atoms with E-state index in [1.54, 1.807) is 12.1 Å². The van der Waals surface area contributed by atoms with E-state index in [-0.39, 0.29) is 5.82 Å². The van der Waals surface area contributed by atoms with Crippen LogP contribution in [0.1, 0.15) is 82.6 Å². The molecule has 0 spiro atoms. The number of rotatable bonds is 8. The van der Waals surface area contributed by atoms with Crippen LogP contribution >= 0.6 is 0 Å². The molecule has 0 N–H and O–H groups in total. The van der Waals surface area contributed by atoms with Gasteiger partial charge < -0.3 is 4.74 Å². The third kappa shape index (κ3) is 5.00. The summed E-state index contributed by atoms with van der Waals surface area (Å²) in [5, 5.41) is 0. The molecule has 1 fully saturated rings. The van der Waals surface area contributed by atoms with Crippen LogP contribution < -0.4 is 4.74 Å². The van der Waals surface area contributed by atoms with Crippen LogP contribution in [0.2, 0.25) is 0 Å². The lowest BCUT2D eigenvalue weighted by molar-refractivity contribution is 0.301. The van der Waals surface area contributed by atoms with E-state index in [1.165, 1.54) is 71.3 Å². The van der Waals surface area contributed by atoms with E-state index in [0.717, 1.165) is 11.5 Å². The Morgan fingerprint density at radius 2 is 1.77 bits per heavy atom. The number of benzene rings is 1. The first-order valence-corrected chi connectivity index (χ1v) is 9.08. The van der Waals surface area contributed by atoms with E-state index in [4.69, 9.17) is 4.74 Å². The zero-order chi connectivity index (χ0) is 15.8. The molecule has 0 bridgehead atoms. The SMILES string of the molecule is CCCCCCCC1CCC(c2ccc(OC)c(F)c2)CC1. The van der Waals surface area contributed by atoms with Crippen molar-refractivity contribution in [1.29, 1.82) is 0 Å². The molecule has 0 aliphatic heterocycles. The van der Waals surface area contributed by atoms with Crippen molar-refractivity contribution >= 4 is 0 Å². The van der Waals surface area contributed by atoms with E-state index in [9.17, 15) is 4.39 Å². The minimum atomic E-state index is -0.224. The van der Waals surface area contributed by atoms with Crippen molar-refractivity contribution in [2.45, 2.75) is 77.0 Å². The Balaban J connectivity index is 1.73. The second kappa shape index (κ2) is 9.17. The Labute approximate surface area is 135 Å². The Kier molecular flexibility index (Phi) is 7.21. The number of ether oxygens (including phenoxy) is 1. The summed E-state index contributed by atoms with van der Waals surface area (Å²) in [7, 11) is 1.52. The van der Waals surface area contributed by atoms with Crippen LogP contribution in [0.3, 0.4) is 0 Å². The molecule has 0 heterocycles. The van der Waals surface area contributed by atoms with Crippen LogP contribution in [-0.2, 0) is 0 Å². The fraction of sp³-hybridized carbons (Fsp3) is 0.700. The molecule has 0 unspecified atom stereocenters. The van der Waals surface area contributed by atoms with E-state index in [1.807, 2.05) is 6.07 Å². The maximum Gasteiger partial charge on any atom is 0.165 e. The highest BCUT2D eigenvalue weighted by Crippen LogP contribution is 2.38. The molecule has 124 valence electrons. The third-order valence-electron chi connectivity index (χ3n) is 5.21. The lowest BCUT2D eigenvalue weighted by Crippen LogP contribution is -2.13. The fourth-order valence-corrected chi connectivity index (χ4v) is 3.76. The molecule has 1 aromatic carbocycles. The number of hydrogen-bond donors (Lipinski definition) is 0. The van der Waals surface area contributed by atoms with Crippen molar-refractivity contribution in [2.75, 3.05) is 7.11 Å². The van der Waals surface area contributed by atoms with Gasteiger partial charge in [0.05, 0.1) is 7.11 Å². The van der Waals surface area contributed by atoms with Crippen LogP contribution in [0.15, 0.2) is 18.2 Å². The largest absolute Gasteiger partial charge is 0.494 e. The van der Waals surface area contributed by atoms with Gasteiger partial charge in [-0.3, -0.25) is 0 Å². The van der Waals surface area contributed by atoms with Crippen LogP contribution in [0, 0.1) is 11.7 Å². The molecule has 1 nitrogen and oxygen atoms in total. The summed E-state index contributed by atoms with van der Waals surface area (Å²) < 4.78 is 18.8. The average Bonchev–Trinajstić information content (AvgIpc) is 2.55. The average molecular weight is 306 g/mol. The summed E-state index contributed by atoms with van der Waals surface area (Å²) in [6.07, 6.45) is 13.3. The van der Waals surface area contributed by atoms with Gasteiger partial charge in [-0.25, -0.2) is 4.39 Å². The molecular weight excluding hydrogens is 275 g/mol. The summed E-state index contributed by atoms with van der Waals surface area (Å²) in [4.78, 5) is 0. The highest BCUT2D eigenvalue weighted by molar-refractivity contribution is 5.31. The van der Waals surface area contributed by atoms with Crippen LogP contribution in [0.5, 0.6) is 5.75 Å². The summed E-state index contributed by atoms with van der Waals surface area (Å²) in [6, 6.07) is 5.48. The smallest absolute Gasteiger partial charge is 0.165 e. The van der Waals surface area contributed by atoms with Crippen molar-refractivity contribution in [3.63, 3.8) is 0 Å². The van der Waals surface area contributed by atoms with E-state index in [2.05, 4.69) is 6.92 Å². The van der Waals surface area contributed by atoms with Gasteiger partial charge in [0.15, 0.2) is 11.6 Å². The molecular formula is C20H31FO. The minimum absolute atomic E-state index is 0.224. The van der Waals surface area contributed by atoms with Crippen molar-refractivity contribution in [3.05, 3.63) is 29.6 Å². The Morgan fingerprint density at radius 1 is 1.05 bits per heavy atom. The van der Waals surface area contributed by atoms with Gasteiger partial charge in [-0.1, -0.05) is 51.5 Å². The molecule has 0 atom stereocenters. The standard InChI is InChI=1S/C20H31FO/c1-3-4-5-6-7-8-16-9-11-17(12-10-16)18-13-14-20(22-2)19(21)15-18/h13-17H,3-12H2,1-2H3. The van der Waals surface area contributed by atoms with Crippen molar-refractivity contribution < 1.29 is 9.13 Å². The predicted octanol–water partition coefficient (Wildman–Crippen LogP) is 6.47. The van der Waals surface area contributed by atoms with Crippen molar-refractivity contribution in [1.82, 2.24) is 0 Å². The molecule has 0 amide bonds. The molecule has 0 radical (unpaired) electrons. The zero-order valence-corrected chi connectivity index (χ0v) is 14.2. The van der Waals surface area contributed by atoms with Crippen LogP contribution in [-0.4, -0.2) is 7.11 Å². The second-order valence-electron chi connectivity index (χ2n) is 6.81. The lowest BCUT2D eigenvalue weighted by atomic mass is 9.77. The molecule has 0 aromatic heterocycles. The molecule has 1 aromatic rings. The van der Waals surface area contributed by atoms with Gasteiger partial charge in [-0.2, -0.15) is 0 Å². The van der Waals surface area contributed by atoms with E-state index in [0.29, 0.717) is 11.7 Å². The molecule has 1 aliphatic rings. The van der Waals surface area contributed by atoms with Gasteiger partial charge >= 0.3 is 0 Å². The Hall–Kier alpha value is -1.05. The molecule has 2 heteroatoms. The first-order valence-electron chi connectivity index (χ1n) is 9.08. The topological polar surface area (TPSA) is 9.23 Å². The Bertz CT molecular complexity index is 435. The molecule has 0 saturated heterocycles. The van der Waals surface area contributed by atoms with Gasteiger partial charge in [0.2, 0.25) is 0 Å². The number of methoxy groups -OCH3 is 1. The maximum atomic E-state index is 13.8. The minimum Gasteiger partial charge on any atom is -0.494 e. The van der Waals surface area contributed by atoms with Gasteiger partial charge in [0.25, 0.3) is 0 Å². The third-order valence-corrected chi connectivity index (χ3v) is 5.21. The summed E-state index contributed by atoms with van der Waals surface area (Å²) in [5.74, 6) is 1.57. The normalized spacial score (nSPS) is 21.8. The fourth-order valence-electron chi connectivity index (χ4n) is 3.76. The quantitative estimate of drug-likeness (QED) is 0.500. The highest BCUT2D eigenvalue weighted by atomic mass is 19.1. The van der Waals surface area contributed by atoms with Gasteiger partial charge in [-0.15, -0.1) is 0 Å². The summed E-state index contributed by atoms with van der Waals surface area (Å²) >= 11 is 0. The van der Waals surface area contributed by atoms with Crippen LogP contribution in [0.25, 0.3) is 0 Å². The lowest BCUT2D eigenvalue weighted by Gasteiger charge is -2.29. The molecule has 1 aliphatic carbocycles. The van der Waals surface area contributed by atoms with Gasteiger partial charge in [0.1, 0.15) is 0 Å². The van der Waals surface area contributed by atoms with E-state index >= 15 is 0 Å². The first-order chi connectivity index (χ1) is 10.7. The Morgan fingerprint density at radius 3 is 2.41 bits per heavy atom. The maximum absolute atomic E-state index is 13.8. The summed E-state index contributed by atoms with van der Waals surface area (Å²) in [6.45, 7) is 2.27. The second-order valence-corrected chi connectivity index (χ2v) is 6.81. The summed E-state index contributed by atoms with van der Waals surface area (Å²) in [5.41, 5.74) is 1.15. The molecule has 22 heavy (non-hydrogen) atoms. The van der Waals surface area contributed by atoms with Gasteiger partial charge in [-0.05, 0) is 55.2 Å².